The fourth-order valence-corrected chi connectivity index (χ4v) is 9.47. The summed E-state index contributed by atoms with van der Waals surface area (Å²) >= 11 is 0. The van der Waals surface area contributed by atoms with Crippen molar-refractivity contribution in [1.29, 1.82) is 0 Å². The summed E-state index contributed by atoms with van der Waals surface area (Å²) in [4.78, 5) is 0. The van der Waals surface area contributed by atoms with Crippen LogP contribution in [0.4, 0.5) is 0 Å². The number of hydrogen-bond donors (Lipinski definition) is 4. The number of phenolic OH excluding ortho intramolecular Hbond substituents is 3. The SMILES string of the molecule is COc1cc([C@@H]2Oc3cc(OC)c4c5c3[C@H](CSSCC[C@H](C)CC[C@H](C5)c3cc(O)ccc3-4)[C@H]2O)c(O)c(OC)c1O. The van der Waals surface area contributed by atoms with E-state index in [1.807, 2.05) is 29.0 Å². The highest BCUT2D eigenvalue weighted by atomic mass is 33.1. The number of hydrogen-bond acceptors (Lipinski definition) is 10. The van der Waals surface area contributed by atoms with Crippen LogP contribution < -0.4 is 18.9 Å². The Morgan fingerprint density at radius 2 is 1.65 bits per heavy atom. The molecule has 8 nitrogen and oxygen atoms in total. The maximum Gasteiger partial charge on any atom is 0.207 e. The Balaban J connectivity index is 1.56. The number of rotatable bonds is 4. The molecule has 2 aliphatic heterocycles. The number of phenols is 3. The lowest BCUT2D eigenvalue weighted by Crippen LogP contribution is -2.37. The number of aliphatic hydroxyl groups is 1. The molecular formula is C33H38O8S2. The van der Waals surface area contributed by atoms with E-state index >= 15 is 0 Å². The van der Waals surface area contributed by atoms with Gasteiger partial charge in [-0.25, -0.2) is 0 Å². The fraction of sp³-hybridized carbons (Fsp3) is 0.455. The lowest BCUT2D eigenvalue weighted by atomic mass is 9.71. The lowest BCUT2D eigenvalue weighted by Gasteiger charge is -2.41. The molecule has 2 bridgehead atoms. The molecular weight excluding hydrogens is 588 g/mol. The van der Waals surface area contributed by atoms with Crippen molar-refractivity contribution in [2.45, 2.75) is 56.7 Å². The zero-order valence-corrected chi connectivity index (χ0v) is 26.4. The highest BCUT2D eigenvalue weighted by Gasteiger charge is 2.44. The summed E-state index contributed by atoms with van der Waals surface area (Å²) in [7, 11) is 7.97. The molecule has 0 spiro atoms. The Kier molecular flexibility index (Phi) is 8.45. The van der Waals surface area contributed by atoms with Gasteiger partial charge in [0.25, 0.3) is 0 Å². The van der Waals surface area contributed by atoms with Crippen LogP contribution in [-0.4, -0.2) is 59.4 Å². The van der Waals surface area contributed by atoms with Gasteiger partial charge in [0.15, 0.2) is 17.6 Å². The van der Waals surface area contributed by atoms with E-state index in [1.165, 1.54) is 20.3 Å². The largest absolute Gasteiger partial charge is 0.508 e. The molecule has 0 saturated carbocycles. The molecule has 0 fully saturated rings. The molecule has 10 heteroatoms. The molecule has 3 aromatic carbocycles. The van der Waals surface area contributed by atoms with Crippen LogP contribution in [0.3, 0.4) is 0 Å². The summed E-state index contributed by atoms with van der Waals surface area (Å²) < 4.78 is 23.2. The first-order chi connectivity index (χ1) is 20.8. The summed E-state index contributed by atoms with van der Waals surface area (Å²) in [6, 6.07) is 8.95. The van der Waals surface area contributed by atoms with E-state index in [2.05, 4.69) is 6.92 Å². The van der Waals surface area contributed by atoms with E-state index in [1.54, 1.807) is 24.0 Å². The van der Waals surface area contributed by atoms with Gasteiger partial charge in [-0.2, -0.15) is 0 Å². The zero-order chi connectivity index (χ0) is 30.4. The van der Waals surface area contributed by atoms with Gasteiger partial charge in [0.05, 0.1) is 21.3 Å². The van der Waals surface area contributed by atoms with Crippen LogP contribution in [0.2, 0.25) is 0 Å². The van der Waals surface area contributed by atoms with E-state index in [0.717, 1.165) is 59.3 Å². The Bertz CT molecular complexity index is 1530. The maximum absolute atomic E-state index is 12.1. The summed E-state index contributed by atoms with van der Waals surface area (Å²) in [5.41, 5.74) is 5.45. The maximum atomic E-state index is 12.1. The van der Waals surface area contributed by atoms with Crippen molar-refractivity contribution < 1.29 is 39.4 Å². The van der Waals surface area contributed by atoms with Crippen LogP contribution in [0.1, 0.15) is 66.4 Å². The second-order valence-electron chi connectivity index (χ2n) is 11.6. The molecule has 43 heavy (non-hydrogen) atoms. The summed E-state index contributed by atoms with van der Waals surface area (Å²) in [5, 5.41) is 44.3. The van der Waals surface area contributed by atoms with Crippen molar-refractivity contribution in [3.63, 3.8) is 0 Å². The smallest absolute Gasteiger partial charge is 0.207 e. The van der Waals surface area contributed by atoms with Crippen molar-refractivity contribution in [3.8, 4) is 51.4 Å². The molecule has 0 saturated heterocycles. The fourth-order valence-electron chi connectivity index (χ4n) is 6.88. The zero-order valence-electron chi connectivity index (χ0n) is 24.8. The molecule has 2 heterocycles. The van der Waals surface area contributed by atoms with E-state index < -0.39 is 12.2 Å². The van der Waals surface area contributed by atoms with Crippen LogP contribution in [0.25, 0.3) is 11.1 Å². The third-order valence-corrected chi connectivity index (χ3v) is 11.6. The average molecular weight is 627 g/mol. The van der Waals surface area contributed by atoms with Crippen molar-refractivity contribution in [1.82, 2.24) is 0 Å². The van der Waals surface area contributed by atoms with Crippen molar-refractivity contribution in [2.24, 2.45) is 5.92 Å². The van der Waals surface area contributed by atoms with Gasteiger partial charge >= 0.3 is 0 Å². The van der Waals surface area contributed by atoms with E-state index in [9.17, 15) is 20.4 Å². The first kappa shape index (κ1) is 30.0. The van der Waals surface area contributed by atoms with Gasteiger partial charge in [-0.15, -0.1) is 0 Å². The molecule has 1 aliphatic carbocycles. The number of aliphatic hydroxyl groups excluding tert-OH is 1. The second-order valence-corrected chi connectivity index (χ2v) is 14.3. The molecule has 4 N–H and O–H groups in total. The normalized spacial score (nSPS) is 24.8. The van der Waals surface area contributed by atoms with Gasteiger partial charge in [-0.3, -0.25) is 0 Å². The Morgan fingerprint density at radius 3 is 2.40 bits per heavy atom. The molecule has 6 rings (SSSR count). The minimum absolute atomic E-state index is 0.103. The number of benzene rings is 3. The minimum atomic E-state index is -1.02. The van der Waals surface area contributed by atoms with E-state index in [-0.39, 0.29) is 46.1 Å². The predicted molar refractivity (Wildman–Crippen MR) is 169 cm³/mol. The minimum Gasteiger partial charge on any atom is -0.508 e. The van der Waals surface area contributed by atoms with Gasteiger partial charge in [-0.05, 0) is 66.0 Å². The molecule has 230 valence electrons. The van der Waals surface area contributed by atoms with Gasteiger partial charge in [0, 0.05) is 40.2 Å². The molecule has 5 atom stereocenters. The van der Waals surface area contributed by atoms with Crippen molar-refractivity contribution >= 4 is 21.6 Å². The molecule has 0 aromatic heterocycles. The third kappa shape index (κ3) is 5.21. The van der Waals surface area contributed by atoms with Gasteiger partial charge < -0.3 is 39.4 Å². The van der Waals surface area contributed by atoms with E-state index in [0.29, 0.717) is 23.2 Å². The standard InChI is InChI=1S/C33H38O8S2/c1-16-5-6-17-11-21-27(19-8-7-18(34)12-20(17)19)24(38-2)14-25-28(21)23(15-43-42-10-9-16)30(36)32(41-25)22-13-26(39-3)31(37)33(40-4)29(22)35/h7-8,12-14,16-17,23,30,32,34-37H,5-6,9-11,15H2,1-4H3/t16-,17-,23+,30-,32+/m1/s1. The summed E-state index contributed by atoms with van der Waals surface area (Å²) in [5.74, 6) is 2.90. The first-order valence-electron chi connectivity index (χ1n) is 14.6. The van der Waals surface area contributed by atoms with Crippen LogP contribution in [0, 0.1) is 5.92 Å². The third-order valence-electron chi connectivity index (χ3n) is 9.15. The van der Waals surface area contributed by atoms with Gasteiger partial charge in [0.2, 0.25) is 11.5 Å². The molecule has 0 amide bonds. The molecule has 0 radical (unpaired) electrons. The lowest BCUT2D eigenvalue weighted by molar-refractivity contribution is 0.00299. The number of ether oxygens (including phenoxy) is 4. The highest BCUT2D eigenvalue weighted by molar-refractivity contribution is 8.76. The van der Waals surface area contributed by atoms with Crippen LogP contribution >= 0.6 is 21.6 Å². The quantitative estimate of drug-likeness (QED) is 0.228. The van der Waals surface area contributed by atoms with Crippen molar-refractivity contribution in [2.75, 3.05) is 32.8 Å². The number of aromatic hydroxyl groups is 3. The second kappa shape index (κ2) is 12.1. The van der Waals surface area contributed by atoms with Gasteiger partial charge in [-0.1, -0.05) is 41.0 Å². The molecule has 3 aromatic rings. The first-order valence-corrected chi connectivity index (χ1v) is 17.1. The average Bonchev–Trinajstić information content (AvgIpc) is 3.01. The van der Waals surface area contributed by atoms with Crippen LogP contribution in [0.5, 0.6) is 40.2 Å². The topological polar surface area (TPSA) is 118 Å². The number of methoxy groups -OCH3 is 3. The highest BCUT2D eigenvalue weighted by Crippen LogP contribution is 2.57. The van der Waals surface area contributed by atoms with Gasteiger partial charge in [0.1, 0.15) is 23.4 Å². The van der Waals surface area contributed by atoms with E-state index in [4.69, 9.17) is 18.9 Å². The molecule has 0 unspecified atom stereocenters. The Hall–Kier alpha value is -3.08. The predicted octanol–water partition coefficient (Wildman–Crippen LogP) is 6.92. The number of fused-ring (bicyclic) bond motifs is 4. The monoisotopic (exact) mass is 626 g/mol. The van der Waals surface area contributed by atoms with Crippen molar-refractivity contribution in [3.05, 3.63) is 52.6 Å². The Labute approximate surface area is 259 Å². The molecule has 3 aliphatic rings. The summed E-state index contributed by atoms with van der Waals surface area (Å²) in [6.07, 6.45) is 1.92. The summed E-state index contributed by atoms with van der Waals surface area (Å²) in [6.45, 7) is 2.31. The van der Waals surface area contributed by atoms with Crippen LogP contribution in [0.15, 0.2) is 30.3 Å². The Morgan fingerprint density at radius 1 is 0.860 bits per heavy atom. The van der Waals surface area contributed by atoms with Crippen LogP contribution in [-0.2, 0) is 6.42 Å².